The van der Waals surface area contributed by atoms with Crippen LogP contribution in [0.25, 0.3) is 0 Å². The summed E-state index contributed by atoms with van der Waals surface area (Å²) in [7, 11) is 12.4. The molecule has 1 aliphatic rings. The van der Waals surface area contributed by atoms with Crippen molar-refractivity contribution in [1.29, 1.82) is 0 Å². The van der Waals surface area contributed by atoms with E-state index in [0.29, 0.717) is 17.6 Å². The highest BCUT2D eigenvalue weighted by Gasteiger charge is 2.23. The first kappa shape index (κ1) is 13.9. The summed E-state index contributed by atoms with van der Waals surface area (Å²) in [6.07, 6.45) is 11.4. The van der Waals surface area contributed by atoms with Gasteiger partial charge in [0.05, 0.1) is 15.7 Å². The molecule has 4 radical (unpaired) electrons. The second kappa shape index (κ2) is 7.25. The molecule has 2 unspecified atom stereocenters. The Balaban J connectivity index is 2.52. The van der Waals surface area contributed by atoms with E-state index in [1.807, 2.05) is 0 Å². The van der Waals surface area contributed by atoms with Gasteiger partial charge in [0.2, 0.25) is 0 Å². The molecule has 0 saturated heterocycles. The highest BCUT2D eigenvalue weighted by molar-refractivity contribution is 6.12. The molecule has 0 aromatic heterocycles. The quantitative estimate of drug-likeness (QED) is 0.490. The van der Waals surface area contributed by atoms with Gasteiger partial charge in [0.1, 0.15) is 0 Å². The summed E-state index contributed by atoms with van der Waals surface area (Å²) in [6, 6.07) is 0. The van der Waals surface area contributed by atoms with Crippen LogP contribution in [0, 0.1) is 11.8 Å². The van der Waals surface area contributed by atoms with Gasteiger partial charge in [-0.25, -0.2) is 0 Å². The minimum atomic E-state index is 0.382. The fourth-order valence-corrected chi connectivity index (χ4v) is 2.95. The monoisotopic (exact) mass is 214 g/mol. The molecule has 0 aliphatic heterocycles. The first-order valence-corrected chi connectivity index (χ1v) is 6.78. The Hall–Kier alpha value is -0.130. The lowest BCUT2D eigenvalue weighted by Crippen LogP contribution is -2.17. The van der Waals surface area contributed by atoms with Crippen molar-refractivity contribution in [2.24, 2.45) is 11.8 Å². The van der Waals surface area contributed by atoms with Crippen LogP contribution in [0.3, 0.4) is 0 Å². The second-order valence-electron chi connectivity index (χ2n) is 5.41. The first-order valence-electron chi connectivity index (χ1n) is 6.78. The highest BCUT2D eigenvalue weighted by Crippen LogP contribution is 2.38. The predicted molar refractivity (Wildman–Crippen MR) is 74.2 cm³/mol. The third-order valence-electron chi connectivity index (χ3n) is 3.83. The van der Waals surface area contributed by atoms with Gasteiger partial charge in [-0.2, -0.15) is 0 Å². The largest absolute Gasteiger partial charge is 0.0917 e. The summed E-state index contributed by atoms with van der Waals surface area (Å²) in [5.74, 6) is 2.20. The normalized spacial score (nSPS) is 37.1. The fourth-order valence-electron chi connectivity index (χ4n) is 2.95. The first-order chi connectivity index (χ1) is 7.65. The van der Waals surface area contributed by atoms with Gasteiger partial charge in [0, 0.05) is 0 Å². The predicted octanol–water partition coefficient (Wildman–Crippen LogP) is 4.08. The van der Waals surface area contributed by atoms with Crippen molar-refractivity contribution in [3.8, 4) is 0 Å². The van der Waals surface area contributed by atoms with E-state index < -0.39 is 0 Å². The van der Waals surface area contributed by atoms with E-state index in [1.54, 1.807) is 0 Å². The van der Waals surface area contributed by atoms with Crippen LogP contribution in [0.15, 0.2) is 12.2 Å². The Kier molecular flexibility index (Phi) is 6.31. The molecule has 1 aliphatic carbocycles. The molecule has 0 nitrogen and oxygen atoms in total. The third kappa shape index (κ3) is 4.80. The molecule has 0 heterocycles. The maximum absolute atomic E-state index is 6.21. The molecule has 0 bridgehead atoms. The number of rotatable bonds is 3. The maximum atomic E-state index is 6.21. The van der Waals surface area contributed by atoms with E-state index in [4.69, 9.17) is 15.7 Å². The third-order valence-corrected chi connectivity index (χ3v) is 3.83. The molecule has 2 heteroatoms. The average molecular weight is 214 g/mol. The SMILES string of the molecule is [B]C1CC(CC)CC([B])CC(CC=CC)C1. The zero-order chi connectivity index (χ0) is 12.0. The molecule has 0 spiro atoms. The van der Waals surface area contributed by atoms with Crippen LogP contribution >= 0.6 is 0 Å². The number of hydrogen-bond acceptors (Lipinski definition) is 0. The summed E-state index contributed by atoms with van der Waals surface area (Å²) < 4.78 is 0. The number of allylic oxidation sites excluding steroid dienone is 2. The standard InChI is InChI=1S/C14H24B2/c1-3-5-6-12-9-13(15)7-11(4-2)8-14(16)10-12/h3,5,11-14H,4,6-10H2,1-2H3. The van der Waals surface area contributed by atoms with Crippen LogP contribution in [0.2, 0.25) is 11.6 Å². The van der Waals surface area contributed by atoms with Crippen LogP contribution in [-0.2, 0) is 0 Å². The summed E-state index contributed by atoms with van der Waals surface area (Å²) in [6.45, 7) is 4.33. The van der Waals surface area contributed by atoms with E-state index in [0.717, 1.165) is 38.0 Å². The molecule has 2 atom stereocenters. The van der Waals surface area contributed by atoms with Crippen LogP contribution in [0.4, 0.5) is 0 Å². The smallest absolute Gasteiger partial charge is 0.0699 e. The summed E-state index contributed by atoms with van der Waals surface area (Å²) in [5.41, 5.74) is 0. The minimum absolute atomic E-state index is 0.382. The second-order valence-corrected chi connectivity index (χ2v) is 5.41. The lowest BCUT2D eigenvalue weighted by Gasteiger charge is -2.32. The topological polar surface area (TPSA) is 0 Å². The molecule has 0 aromatic carbocycles. The van der Waals surface area contributed by atoms with E-state index in [9.17, 15) is 0 Å². The van der Waals surface area contributed by atoms with Gasteiger partial charge < -0.3 is 0 Å². The Morgan fingerprint density at radius 2 is 1.50 bits per heavy atom. The Morgan fingerprint density at radius 3 is 1.94 bits per heavy atom. The van der Waals surface area contributed by atoms with E-state index in [2.05, 4.69) is 26.0 Å². The Morgan fingerprint density at radius 1 is 1.00 bits per heavy atom. The summed E-state index contributed by atoms with van der Waals surface area (Å²) in [4.78, 5) is 0. The van der Waals surface area contributed by atoms with Crippen LogP contribution < -0.4 is 0 Å². The van der Waals surface area contributed by atoms with E-state index >= 15 is 0 Å². The van der Waals surface area contributed by atoms with Gasteiger partial charge in [-0.15, -0.1) is 0 Å². The maximum Gasteiger partial charge on any atom is 0.0699 e. The van der Waals surface area contributed by atoms with Crippen molar-refractivity contribution in [2.75, 3.05) is 0 Å². The molecule has 1 saturated carbocycles. The highest BCUT2D eigenvalue weighted by atomic mass is 14.3. The van der Waals surface area contributed by atoms with Gasteiger partial charge in [-0.3, -0.25) is 0 Å². The minimum Gasteiger partial charge on any atom is -0.0917 e. The molecular weight excluding hydrogens is 190 g/mol. The lowest BCUT2D eigenvalue weighted by atomic mass is 9.63. The van der Waals surface area contributed by atoms with Crippen LogP contribution in [0.1, 0.15) is 52.4 Å². The van der Waals surface area contributed by atoms with Gasteiger partial charge in [-0.05, 0) is 25.2 Å². The van der Waals surface area contributed by atoms with Gasteiger partial charge >= 0.3 is 0 Å². The van der Waals surface area contributed by atoms with Crippen molar-refractivity contribution in [2.45, 2.75) is 64.0 Å². The summed E-state index contributed by atoms with van der Waals surface area (Å²) in [5, 5.41) is 0. The van der Waals surface area contributed by atoms with E-state index in [1.165, 1.54) is 6.42 Å². The van der Waals surface area contributed by atoms with Gasteiger partial charge in [-0.1, -0.05) is 62.8 Å². The molecule has 1 fully saturated rings. The Labute approximate surface area is 104 Å². The Bertz CT molecular complexity index is 199. The van der Waals surface area contributed by atoms with Crippen molar-refractivity contribution in [3.63, 3.8) is 0 Å². The van der Waals surface area contributed by atoms with Crippen LogP contribution in [0.5, 0.6) is 0 Å². The average Bonchev–Trinajstić information content (AvgIpc) is 2.22. The van der Waals surface area contributed by atoms with E-state index in [-0.39, 0.29) is 0 Å². The van der Waals surface area contributed by atoms with Crippen molar-refractivity contribution >= 4 is 15.7 Å². The number of hydrogen-bond donors (Lipinski definition) is 0. The molecule has 86 valence electrons. The molecule has 0 amide bonds. The molecule has 1 rings (SSSR count). The zero-order valence-electron chi connectivity index (χ0n) is 10.9. The van der Waals surface area contributed by atoms with Crippen molar-refractivity contribution in [1.82, 2.24) is 0 Å². The fraction of sp³-hybridized carbons (Fsp3) is 0.857. The van der Waals surface area contributed by atoms with Gasteiger partial charge in [0.25, 0.3) is 0 Å². The lowest BCUT2D eigenvalue weighted by molar-refractivity contribution is 0.314. The van der Waals surface area contributed by atoms with Crippen LogP contribution in [-0.4, -0.2) is 15.7 Å². The van der Waals surface area contributed by atoms with Crippen molar-refractivity contribution in [3.05, 3.63) is 12.2 Å². The molecule has 0 N–H and O–H groups in total. The molecule has 16 heavy (non-hydrogen) atoms. The van der Waals surface area contributed by atoms with Crippen molar-refractivity contribution < 1.29 is 0 Å². The molecule has 0 aromatic rings. The van der Waals surface area contributed by atoms with Gasteiger partial charge in [0.15, 0.2) is 0 Å². The summed E-state index contributed by atoms with van der Waals surface area (Å²) >= 11 is 0. The zero-order valence-corrected chi connectivity index (χ0v) is 10.9. The molecular formula is C14H24B2.